The van der Waals surface area contributed by atoms with Gasteiger partial charge >= 0.3 is 17.6 Å². The molecule has 2 atom stereocenters. The van der Waals surface area contributed by atoms with Gasteiger partial charge in [-0.3, -0.25) is 14.2 Å². The van der Waals surface area contributed by atoms with E-state index in [1.807, 2.05) is 0 Å². The molecule has 9 heteroatoms. The molecule has 1 aliphatic heterocycles. The molecule has 1 aromatic rings. The maximum absolute atomic E-state index is 11.7. The Hall–Kier alpha value is -2.42. The van der Waals surface area contributed by atoms with Crippen molar-refractivity contribution >= 4 is 17.8 Å². The minimum Gasteiger partial charge on any atom is -0.481 e. The first-order valence-corrected chi connectivity index (χ1v) is 6.83. The van der Waals surface area contributed by atoms with Crippen molar-refractivity contribution in [2.75, 3.05) is 12.3 Å². The number of hydrogen-bond acceptors (Lipinski definition) is 7. The Morgan fingerprint density at radius 3 is 2.91 bits per heavy atom. The molecular weight excluding hydrogens is 294 g/mol. The monoisotopic (exact) mass is 311 g/mol. The van der Waals surface area contributed by atoms with Gasteiger partial charge in [-0.2, -0.15) is 4.98 Å². The highest BCUT2D eigenvalue weighted by Crippen LogP contribution is 2.27. The minimum atomic E-state index is -1.05. The summed E-state index contributed by atoms with van der Waals surface area (Å²) in [6.45, 7) is 0.0338. The standard InChI is InChI=1S/C13H17N3O6/c14-9-5-6-16(13(20)15-9)10-2-1-8(22-10)7-21-12(19)4-3-11(17)18/h5-6,8,10H,1-4,7H2,(H,17,18)(H2,14,15,20)/t8-,10+/m0/s1. The molecule has 0 unspecified atom stereocenters. The van der Waals surface area contributed by atoms with E-state index in [0.717, 1.165) is 0 Å². The van der Waals surface area contributed by atoms with Crippen LogP contribution in [0.25, 0.3) is 0 Å². The molecule has 1 aliphatic rings. The number of hydrogen-bond donors (Lipinski definition) is 2. The Kier molecular flexibility index (Phi) is 5.10. The molecule has 2 rings (SSSR count). The molecule has 3 N–H and O–H groups in total. The molecule has 2 heterocycles. The number of carbonyl (C=O) groups excluding carboxylic acids is 1. The first-order valence-electron chi connectivity index (χ1n) is 6.83. The van der Waals surface area contributed by atoms with E-state index in [1.54, 1.807) is 0 Å². The molecule has 0 aliphatic carbocycles. The van der Waals surface area contributed by atoms with E-state index in [9.17, 15) is 14.4 Å². The van der Waals surface area contributed by atoms with E-state index in [4.69, 9.17) is 20.3 Å². The minimum absolute atomic E-state index is 0.0338. The van der Waals surface area contributed by atoms with Crippen LogP contribution in [-0.2, 0) is 19.1 Å². The third-order valence-electron chi connectivity index (χ3n) is 3.22. The molecule has 0 radical (unpaired) electrons. The van der Waals surface area contributed by atoms with Gasteiger partial charge in [0.25, 0.3) is 0 Å². The zero-order valence-corrected chi connectivity index (χ0v) is 11.8. The van der Waals surface area contributed by atoms with Crippen molar-refractivity contribution < 1.29 is 24.2 Å². The Balaban J connectivity index is 1.81. The normalized spacial score (nSPS) is 20.7. The van der Waals surface area contributed by atoms with Crippen molar-refractivity contribution in [3.05, 3.63) is 22.7 Å². The van der Waals surface area contributed by atoms with Crippen LogP contribution in [0.3, 0.4) is 0 Å². The van der Waals surface area contributed by atoms with Crippen LogP contribution < -0.4 is 11.4 Å². The smallest absolute Gasteiger partial charge is 0.351 e. The van der Waals surface area contributed by atoms with Crippen molar-refractivity contribution in [3.8, 4) is 0 Å². The van der Waals surface area contributed by atoms with Gasteiger partial charge in [-0.25, -0.2) is 4.79 Å². The van der Waals surface area contributed by atoms with Crippen LogP contribution in [0.15, 0.2) is 17.1 Å². The summed E-state index contributed by atoms with van der Waals surface area (Å²) in [5.41, 5.74) is 4.92. The lowest BCUT2D eigenvalue weighted by Gasteiger charge is -2.15. The van der Waals surface area contributed by atoms with Gasteiger partial charge in [-0.1, -0.05) is 0 Å². The highest BCUT2D eigenvalue weighted by Gasteiger charge is 2.28. The van der Waals surface area contributed by atoms with Gasteiger partial charge in [0.05, 0.1) is 18.9 Å². The van der Waals surface area contributed by atoms with Gasteiger partial charge in [0.15, 0.2) is 0 Å². The van der Waals surface area contributed by atoms with E-state index >= 15 is 0 Å². The fourth-order valence-corrected chi connectivity index (χ4v) is 2.13. The maximum atomic E-state index is 11.7. The molecule has 22 heavy (non-hydrogen) atoms. The Bertz CT molecular complexity index is 614. The predicted molar refractivity (Wildman–Crippen MR) is 73.9 cm³/mol. The zero-order chi connectivity index (χ0) is 16.1. The maximum Gasteiger partial charge on any atom is 0.351 e. The van der Waals surface area contributed by atoms with Crippen molar-refractivity contribution in [2.24, 2.45) is 0 Å². The largest absolute Gasteiger partial charge is 0.481 e. The van der Waals surface area contributed by atoms with E-state index in [2.05, 4.69) is 4.98 Å². The Labute approximate surface area is 125 Å². The van der Waals surface area contributed by atoms with Crippen LogP contribution in [0.5, 0.6) is 0 Å². The molecular formula is C13H17N3O6. The SMILES string of the molecule is Nc1ccn([C@H]2CC[C@@H](COC(=O)CCC(=O)O)O2)c(=O)n1. The summed E-state index contributed by atoms with van der Waals surface area (Å²) in [6, 6.07) is 1.50. The first-order chi connectivity index (χ1) is 10.5. The molecule has 0 amide bonds. The van der Waals surface area contributed by atoms with E-state index in [0.29, 0.717) is 12.8 Å². The number of anilines is 1. The number of nitrogen functional groups attached to an aromatic ring is 1. The molecule has 1 saturated heterocycles. The van der Waals surface area contributed by atoms with Crippen molar-refractivity contribution in [1.29, 1.82) is 0 Å². The van der Waals surface area contributed by atoms with Crippen LogP contribution in [-0.4, -0.2) is 39.3 Å². The Morgan fingerprint density at radius 1 is 1.45 bits per heavy atom. The summed E-state index contributed by atoms with van der Waals surface area (Å²) < 4.78 is 11.9. The predicted octanol–water partition coefficient (Wildman–Crippen LogP) is -0.0889. The van der Waals surface area contributed by atoms with Crippen molar-refractivity contribution in [2.45, 2.75) is 38.0 Å². The number of aliphatic carboxylic acids is 1. The summed E-state index contributed by atoms with van der Waals surface area (Å²) in [5, 5.41) is 8.47. The van der Waals surface area contributed by atoms with Crippen LogP contribution >= 0.6 is 0 Å². The molecule has 9 nitrogen and oxygen atoms in total. The highest BCUT2D eigenvalue weighted by atomic mass is 16.6. The van der Waals surface area contributed by atoms with Gasteiger partial charge in [0.2, 0.25) is 0 Å². The summed E-state index contributed by atoms with van der Waals surface area (Å²) in [4.78, 5) is 37.0. The Morgan fingerprint density at radius 2 is 2.23 bits per heavy atom. The summed E-state index contributed by atoms with van der Waals surface area (Å²) >= 11 is 0. The molecule has 0 spiro atoms. The number of nitrogens with two attached hydrogens (primary N) is 1. The van der Waals surface area contributed by atoms with Gasteiger partial charge in [0, 0.05) is 6.20 Å². The number of ether oxygens (including phenoxy) is 2. The number of rotatable bonds is 6. The summed E-state index contributed by atoms with van der Waals surface area (Å²) in [7, 11) is 0. The van der Waals surface area contributed by atoms with Crippen molar-refractivity contribution in [3.63, 3.8) is 0 Å². The fraction of sp³-hybridized carbons (Fsp3) is 0.538. The lowest BCUT2D eigenvalue weighted by molar-refractivity contribution is -0.151. The fourth-order valence-electron chi connectivity index (χ4n) is 2.13. The highest BCUT2D eigenvalue weighted by molar-refractivity contribution is 5.76. The topological polar surface area (TPSA) is 134 Å². The van der Waals surface area contributed by atoms with E-state index < -0.39 is 23.9 Å². The number of carboxylic acid groups (broad SMARTS) is 1. The quantitative estimate of drug-likeness (QED) is 0.696. The average molecular weight is 311 g/mol. The number of carbonyl (C=O) groups is 2. The van der Waals surface area contributed by atoms with Gasteiger partial charge in [-0.15, -0.1) is 0 Å². The molecule has 120 valence electrons. The number of carboxylic acids is 1. The molecule has 0 bridgehead atoms. The van der Waals surface area contributed by atoms with Gasteiger partial charge in [-0.05, 0) is 18.9 Å². The summed E-state index contributed by atoms with van der Waals surface area (Å²) in [6.07, 6.45) is 1.48. The second-order valence-corrected chi connectivity index (χ2v) is 4.91. The summed E-state index contributed by atoms with van der Waals surface area (Å²) in [5.74, 6) is -1.49. The lowest BCUT2D eigenvalue weighted by atomic mass is 10.2. The second kappa shape index (κ2) is 7.03. The third-order valence-corrected chi connectivity index (χ3v) is 3.22. The van der Waals surface area contributed by atoms with Gasteiger partial charge in [0.1, 0.15) is 18.7 Å². The number of aromatic nitrogens is 2. The van der Waals surface area contributed by atoms with Gasteiger partial charge < -0.3 is 20.3 Å². The number of esters is 1. The van der Waals surface area contributed by atoms with Crippen LogP contribution in [0.4, 0.5) is 5.82 Å². The van der Waals surface area contributed by atoms with Crippen LogP contribution in [0, 0.1) is 0 Å². The molecule has 0 aromatic carbocycles. The first kappa shape index (κ1) is 16.0. The average Bonchev–Trinajstić information content (AvgIpc) is 2.91. The number of nitrogens with zero attached hydrogens (tertiary/aromatic N) is 2. The van der Waals surface area contributed by atoms with Crippen molar-refractivity contribution in [1.82, 2.24) is 9.55 Å². The third kappa shape index (κ3) is 4.29. The van der Waals surface area contributed by atoms with E-state index in [1.165, 1.54) is 16.8 Å². The second-order valence-electron chi connectivity index (χ2n) is 4.91. The lowest BCUT2D eigenvalue weighted by Crippen LogP contribution is -2.28. The zero-order valence-electron chi connectivity index (χ0n) is 11.8. The van der Waals surface area contributed by atoms with Crippen LogP contribution in [0.1, 0.15) is 31.9 Å². The molecule has 1 fully saturated rings. The molecule has 1 aromatic heterocycles. The molecule has 0 saturated carbocycles. The van der Waals surface area contributed by atoms with E-state index in [-0.39, 0.29) is 31.4 Å². The van der Waals surface area contributed by atoms with Crippen LogP contribution in [0.2, 0.25) is 0 Å².